The van der Waals surface area contributed by atoms with Crippen molar-refractivity contribution in [2.45, 2.75) is 75.7 Å². The molecule has 3 nitrogen and oxygen atoms in total. The minimum atomic E-state index is -4.87. The Morgan fingerprint density at radius 2 is 1.70 bits per heavy atom. The van der Waals surface area contributed by atoms with Gasteiger partial charge in [0.25, 0.3) is 0 Å². The van der Waals surface area contributed by atoms with Crippen molar-refractivity contribution >= 4 is 22.8 Å². The van der Waals surface area contributed by atoms with Crippen LogP contribution >= 0.6 is 11.8 Å². The van der Waals surface area contributed by atoms with Crippen LogP contribution in [0.15, 0.2) is 35.2 Å². The molecule has 4 aliphatic rings. The molecule has 0 spiro atoms. The summed E-state index contributed by atoms with van der Waals surface area (Å²) in [7, 11) is 0. The zero-order valence-corrected chi connectivity index (χ0v) is 21.3. The highest BCUT2D eigenvalue weighted by molar-refractivity contribution is 8.13. The van der Waals surface area contributed by atoms with E-state index in [0.717, 1.165) is 25.7 Å². The van der Waals surface area contributed by atoms with Crippen molar-refractivity contribution in [3.8, 4) is 0 Å². The number of carbonyl (C=O) groups is 2. The molecule has 37 heavy (non-hydrogen) atoms. The van der Waals surface area contributed by atoms with E-state index in [-0.39, 0.29) is 23.3 Å². The minimum absolute atomic E-state index is 0.0618. The van der Waals surface area contributed by atoms with E-state index in [1.807, 2.05) is 13.0 Å². The zero-order valence-electron chi connectivity index (χ0n) is 20.5. The number of fused-ring (bicyclic) bond motifs is 5. The number of thioether (sulfide) groups is 1. The molecular weight excluding hydrogens is 516 g/mol. The average molecular weight is 546 g/mol. The average Bonchev–Trinajstić information content (AvgIpc) is 3.15. The molecule has 0 unspecified atom stereocenters. The Morgan fingerprint density at radius 3 is 2.38 bits per heavy atom. The quantitative estimate of drug-likeness (QED) is 0.314. The van der Waals surface area contributed by atoms with Crippen LogP contribution in [0, 0.1) is 34.5 Å². The molecule has 1 aliphatic heterocycles. The van der Waals surface area contributed by atoms with E-state index in [0.29, 0.717) is 54.6 Å². The van der Waals surface area contributed by atoms with E-state index in [1.165, 1.54) is 0 Å². The van der Waals surface area contributed by atoms with Gasteiger partial charge in [0.1, 0.15) is 0 Å². The minimum Gasteiger partial charge on any atom is -0.349 e. The lowest BCUT2D eigenvalue weighted by Crippen LogP contribution is -2.59. The third-order valence-corrected chi connectivity index (χ3v) is 10.8. The Hall–Kier alpha value is -1.97. The van der Waals surface area contributed by atoms with Crippen molar-refractivity contribution < 1.29 is 35.9 Å². The van der Waals surface area contributed by atoms with Gasteiger partial charge >= 0.3 is 12.4 Å². The van der Waals surface area contributed by atoms with Crippen LogP contribution in [0.3, 0.4) is 0 Å². The number of amides is 1. The summed E-state index contributed by atoms with van der Waals surface area (Å²) in [6, 6.07) is 1.33. The van der Waals surface area contributed by atoms with Crippen LogP contribution in [-0.4, -0.2) is 17.1 Å². The Labute approximate surface area is 215 Å². The first-order valence-corrected chi connectivity index (χ1v) is 13.5. The molecule has 0 radical (unpaired) electrons. The van der Waals surface area contributed by atoms with Gasteiger partial charge in [-0.1, -0.05) is 31.7 Å². The molecule has 5 rings (SSSR count). The molecular formula is C27H29F6NO2S. The summed E-state index contributed by atoms with van der Waals surface area (Å²) < 4.78 is 80.5. The lowest BCUT2D eigenvalue weighted by molar-refractivity contribution is -0.143. The summed E-state index contributed by atoms with van der Waals surface area (Å²) in [5.74, 6) is 0.238. The SMILES string of the molecule is C[C@]12C=CC(=O)N[C@@H]1CC[C@@H]1[C@@H]2CC[C@]2(C)[C@@H](C(=O)Sc3cc(C(F)(F)F)ccc3C(F)(F)F)CC[C@@H]12. The highest BCUT2D eigenvalue weighted by atomic mass is 32.2. The molecule has 0 bridgehead atoms. The van der Waals surface area contributed by atoms with Crippen LogP contribution in [0.1, 0.15) is 63.5 Å². The van der Waals surface area contributed by atoms with E-state index in [9.17, 15) is 35.9 Å². The normalized spacial score (nSPS) is 37.4. The van der Waals surface area contributed by atoms with Crippen LogP contribution < -0.4 is 5.32 Å². The lowest BCUT2D eigenvalue weighted by Gasteiger charge is -2.58. The number of nitrogens with one attached hydrogen (secondary N) is 1. The Kier molecular flexibility index (Phi) is 6.32. The Bertz CT molecular complexity index is 1150. The number of halogens is 6. The van der Waals surface area contributed by atoms with Gasteiger partial charge < -0.3 is 5.32 Å². The number of hydrogen-bond acceptors (Lipinski definition) is 3. The van der Waals surface area contributed by atoms with Crippen LogP contribution in [0.5, 0.6) is 0 Å². The third kappa shape index (κ3) is 4.40. The van der Waals surface area contributed by atoms with Crippen molar-refractivity contribution in [3.05, 3.63) is 41.5 Å². The van der Waals surface area contributed by atoms with Gasteiger partial charge in [-0.3, -0.25) is 9.59 Å². The molecule has 3 saturated carbocycles. The predicted molar refractivity (Wildman–Crippen MR) is 126 cm³/mol. The standard InChI is InChI=1S/C27H29F6NO2S/c1-24-11-9-17-15(4-8-21-25(17,2)12-10-22(35)34-21)16(24)6-7-19(24)23(36)37-20-13-14(26(28,29)30)3-5-18(20)27(31,32)33/h3,5,10,12-13,15-17,19,21H,4,6-9,11H2,1-2H3,(H,34,35)/t15-,16-,17-,19+,21+,24-,25+/m0/s1. The fraction of sp³-hybridized carbons (Fsp3) is 0.630. The smallest absolute Gasteiger partial charge is 0.349 e. The number of rotatable bonds is 2. The molecule has 3 aliphatic carbocycles. The van der Waals surface area contributed by atoms with Crippen molar-refractivity contribution in [1.29, 1.82) is 0 Å². The second kappa shape index (κ2) is 8.78. The number of alkyl halides is 6. The maximum atomic E-state index is 13.6. The van der Waals surface area contributed by atoms with Crippen molar-refractivity contribution in [1.82, 2.24) is 5.32 Å². The topological polar surface area (TPSA) is 46.2 Å². The van der Waals surface area contributed by atoms with Gasteiger partial charge in [-0.25, -0.2) is 0 Å². The highest BCUT2D eigenvalue weighted by Crippen LogP contribution is 2.65. The fourth-order valence-corrected chi connectivity index (χ4v) is 9.14. The first-order chi connectivity index (χ1) is 17.1. The molecule has 0 aromatic heterocycles. The number of carbonyl (C=O) groups excluding carboxylic acids is 2. The van der Waals surface area contributed by atoms with Crippen molar-refractivity contribution in [2.75, 3.05) is 0 Å². The summed E-state index contributed by atoms with van der Waals surface area (Å²) in [5.41, 5.74) is -3.03. The van der Waals surface area contributed by atoms with E-state index in [4.69, 9.17) is 0 Å². The highest BCUT2D eigenvalue weighted by Gasteiger charge is 2.61. The van der Waals surface area contributed by atoms with Gasteiger partial charge in [0, 0.05) is 22.3 Å². The second-order valence-corrected chi connectivity index (χ2v) is 12.6. The van der Waals surface area contributed by atoms with Crippen LogP contribution in [-0.2, 0) is 21.9 Å². The summed E-state index contributed by atoms with van der Waals surface area (Å²) in [6.45, 7) is 4.21. The lowest BCUT2D eigenvalue weighted by atomic mass is 9.48. The van der Waals surface area contributed by atoms with E-state index in [1.54, 1.807) is 6.08 Å². The maximum Gasteiger partial charge on any atom is 0.417 e. The van der Waals surface area contributed by atoms with Gasteiger partial charge in [-0.15, -0.1) is 0 Å². The summed E-state index contributed by atoms with van der Waals surface area (Å²) in [6.07, 6.45) is -1.51. The molecule has 1 aromatic rings. The first-order valence-electron chi connectivity index (χ1n) is 12.6. The van der Waals surface area contributed by atoms with E-state index in [2.05, 4.69) is 12.2 Å². The molecule has 3 fully saturated rings. The van der Waals surface area contributed by atoms with Gasteiger partial charge in [-0.05, 0) is 86.0 Å². The van der Waals surface area contributed by atoms with Crippen LogP contribution in [0.25, 0.3) is 0 Å². The van der Waals surface area contributed by atoms with E-state index >= 15 is 0 Å². The second-order valence-electron chi connectivity index (χ2n) is 11.5. The third-order valence-electron chi connectivity index (χ3n) is 9.80. The Balaban J connectivity index is 1.40. The predicted octanol–water partition coefficient (Wildman–Crippen LogP) is 7.26. The largest absolute Gasteiger partial charge is 0.417 e. The number of benzene rings is 1. The van der Waals surface area contributed by atoms with E-state index < -0.39 is 44.8 Å². The Morgan fingerprint density at radius 1 is 0.973 bits per heavy atom. The molecule has 10 heteroatoms. The molecule has 1 aromatic carbocycles. The molecule has 1 amide bonds. The van der Waals surface area contributed by atoms with Gasteiger partial charge in [-0.2, -0.15) is 26.3 Å². The van der Waals surface area contributed by atoms with Gasteiger partial charge in [0.2, 0.25) is 5.91 Å². The van der Waals surface area contributed by atoms with Gasteiger partial charge in [0.05, 0.1) is 11.1 Å². The molecule has 0 saturated heterocycles. The molecule has 7 atom stereocenters. The summed E-state index contributed by atoms with van der Waals surface area (Å²) in [4.78, 5) is 24.7. The fourth-order valence-electron chi connectivity index (χ4n) is 7.92. The summed E-state index contributed by atoms with van der Waals surface area (Å²) >= 11 is 0.308. The number of hydrogen-bond donors (Lipinski definition) is 1. The molecule has 202 valence electrons. The van der Waals surface area contributed by atoms with Crippen LogP contribution in [0.4, 0.5) is 26.3 Å². The monoisotopic (exact) mass is 545 g/mol. The zero-order chi connectivity index (χ0) is 27.0. The summed E-state index contributed by atoms with van der Waals surface area (Å²) in [5, 5.41) is 2.60. The molecule has 1 heterocycles. The maximum absolute atomic E-state index is 13.6. The molecule has 1 N–H and O–H groups in total. The van der Waals surface area contributed by atoms with Crippen molar-refractivity contribution in [2.24, 2.45) is 34.5 Å². The first kappa shape index (κ1) is 26.6. The van der Waals surface area contributed by atoms with Crippen LogP contribution in [0.2, 0.25) is 0 Å². The van der Waals surface area contributed by atoms with Crippen molar-refractivity contribution in [3.63, 3.8) is 0 Å². The van der Waals surface area contributed by atoms with Gasteiger partial charge in [0.15, 0.2) is 5.12 Å².